The van der Waals surface area contributed by atoms with E-state index >= 15 is 0 Å². The second-order valence-electron chi connectivity index (χ2n) is 5.82. The number of rotatable bonds is 3. The third-order valence-electron chi connectivity index (χ3n) is 3.88. The molecule has 9 heteroatoms. The van der Waals surface area contributed by atoms with Gasteiger partial charge in [-0.1, -0.05) is 0 Å². The van der Waals surface area contributed by atoms with Crippen LogP contribution in [0.25, 0.3) is 10.6 Å². The van der Waals surface area contributed by atoms with Crippen LogP contribution in [0.4, 0.5) is 4.39 Å². The van der Waals surface area contributed by atoms with Crippen LogP contribution < -0.4 is 10.5 Å². The van der Waals surface area contributed by atoms with Gasteiger partial charge in [-0.25, -0.2) is 9.37 Å². The van der Waals surface area contributed by atoms with Crippen molar-refractivity contribution in [2.45, 2.75) is 24.6 Å². The van der Waals surface area contributed by atoms with E-state index in [1.807, 2.05) is 0 Å². The molecular weight excluding hydrogens is 351 g/mol. The van der Waals surface area contributed by atoms with Gasteiger partial charge in [0.15, 0.2) is 0 Å². The molecule has 0 fully saturated rings. The molecule has 6 nitrogen and oxygen atoms in total. The van der Waals surface area contributed by atoms with Crippen LogP contribution in [-0.2, 0) is 10.8 Å². The number of methoxy groups -OCH3 is 1. The Hall–Kier alpha value is -1.87. The first-order chi connectivity index (χ1) is 11.3. The van der Waals surface area contributed by atoms with Crippen molar-refractivity contribution < 1.29 is 13.3 Å². The second-order valence-corrected chi connectivity index (χ2v) is 8.95. The van der Waals surface area contributed by atoms with Crippen molar-refractivity contribution in [2.24, 2.45) is 10.7 Å². The van der Waals surface area contributed by atoms with Gasteiger partial charge in [-0.15, -0.1) is 11.3 Å². The first-order valence-electron chi connectivity index (χ1n) is 7.20. The number of ether oxygens (including phenoxy) is 1. The molecule has 2 atom stereocenters. The average Bonchev–Trinajstić information content (AvgIpc) is 2.94. The minimum Gasteiger partial charge on any atom is -0.480 e. The van der Waals surface area contributed by atoms with E-state index in [0.717, 1.165) is 0 Å². The number of hydrogen-bond donors (Lipinski definition) is 1. The molecule has 0 spiro atoms. The summed E-state index contributed by atoms with van der Waals surface area (Å²) < 4.78 is 31.2. The molecular formula is C15H17FN4O2S2. The van der Waals surface area contributed by atoms with Crippen LogP contribution in [0.15, 0.2) is 23.5 Å². The highest BCUT2D eigenvalue weighted by molar-refractivity contribution is 7.87. The van der Waals surface area contributed by atoms with Gasteiger partial charge in [-0.2, -0.15) is 0 Å². The Morgan fingerprint density at radius 3 is 2.88 bits per heavy atom. The molecule has 2 N–H and O–H groups in total. The normalized spacial score (nSPS) is 22.9. The lowest BCUT2D eigenvalue weighted by Gasteiger charge is -2.30. The lowest BCUT2D eigenvalue weighted by molar-refractivity contribution is 0.396. The van der Waals surface area contributed by atoms with Crippen LogP contribution in [0.5, 0.6) is 5.88 Å². The van der Waals surface area contributed by atoms with Crippen molar-refractivity contribution in [3.05, 3.63) is 29.2 Å². The zero-order valence-electron chi connectivity index (χ0n) is 13.4. The van der Waals surface area contributed by atoms with Crippen LogP contribution in [0.2, 0.25) is 0 Å². The average molecular weight is 368 g/mol. The number of nitrogens with two attached hydrogens (primary N) is 1. The molecule has 0 aromatic carbocycles. The van der Waals surface area contributed by atoms with E-state index in [4.69, 9.17) is 10.5 Å². The van der Waals surface area contributed by atoms with Gasteiger partial charge in [-0.05, 0) is 19.9 Å². The minimum atomic E-state index is -1.22. The zero-order valence-corrected chi connectivity index (χ0v) is 15.1. The molecule has 0 aliphatic carbocycles. The van der Waals surface area contributed by atoms with Crippen LogP contribution in [-0.4, -0.2) is 37.6 Å². The van der Waals surface area contributed by atoms with E-state index in [0.29, 0.717) is 21.3 Å². The number of halogens is 1. The summed E-state index contributed by atoms with van der Waals surface area (Å²) in [5.41, 5.74) is 6.45. The van der Waals surface area contributed by atoms with E-state index in [-0.39, 0.29) is 11.6 Å². The first-order valence-corrected chi connectivity index (χ1v) is 9.34. The molecule has 1 aliphatic rings. The smallest absolute Gasteiger partial charge is 0.232 e. The quantitative estimate of drug-likeness (QED) is 0.898. The molecule has 0 saturated heterocycles. The van der Waals surface area contributed by atoms with Gasteiger partial charge in [0.05, 0.1) is 39.8 Å². The van der Waals surface area contributed by atoms with Crippen molar-refractivity contribution in [3.63, 3.8) is 0 Å². The van der Waals surface area contributed by atoms with Crippen LogP contribution in [0, 0.1) is 5.82 Å². The van der Waals surface area contributed by atoms with Crippen molar-refractivity contribution in [1.29, 1.82) is 0 Å². The molecule has 24 heavy (non-hydrogen) atoms. The first kappa shape index (κ1) is 17.0. The number of aromatic nitrogens is 2. The van der Waals surface area contributed by atoms with Gasteiger partial charge >= 0.3 is 0 Å². The zero-order chi connectivity index (χ0) is 17.5. The van der Waals surface area contributed by atoms with Gasteiger partial charge < -0.3 is 10.5 Å². The number of amidine groups is 1. The fourth-order valence-corrected chi connectivity index (χ4v) is 4.63. The number of hydrogen-bond acceptors (Lipinski definition) is 7. The Morgan fingerprint density at radius 2 is 2.21 bits per heavy atom. The summed E-state index contributed by atoms with van der Waals surface area (Å²) in [6.07, 6.45) is 3.02. The Kier molecular flexibility index (Phi) is 4.39. The summed E-state index contributed by atoms with van der Waals surface area (Å²) in [6, 6.07) is 0.842. The third kappa shape index (κ3) is 2.93. The Bertz CT molecular complexity index is 835. The predicted molar refractivity (Wildman–Crippen MR) is 93.3 cm³/mol. The maximum absolute atomic E-state index is 14.4. The van der Waals surface area contributed by atoms with Gasteiger partial charge in [-0.3, -0.25) is 14.2 Å². The van der Waals surface area contributed by atoms with Crippen molar-refractivity contribution in [2.75, 3.05) is 12.9 Å². The molecule has 0 amide bonds. The molecule has 2 aromatic heterocycles. The molecule has 0 radical (unpaired) electrons. The van der Waals surface area contributed by atoms with Gasteiger partial charge in [0.2, 0.25) is 5.88 Å². The molecule has 2 unspecified atom stereocenters. The van der Waals surface area contributed by atoms with Gasteiger partial charge in [0.25, 0.3) is 0 Å². The lowest BCUT2D eigenvalue weighted by Crippen LogP contribution is -2.47. The molecule has 3 heterocycles. The number of nitrogens with zero attached hydrogens (tertiary/aromatic N) is 3. The molecule has 1 aliphatic heterocycles. The molecule has 128 valence electrons. The lowest BCUT2D eigenvalue weighted by atomic mass is 10.1. The summed E-state index contributed by atoms with van der Waals surface area (Å²) in [5, 5.41) is 0. The van der Waals surface area contributed by atoms with Gasteiger partial charge in [0.1, 0.15) is 23.4 Å². The maximum Gasteiger partial charge on any atom is 0.232 e. The Morgan fingerprint density at radius 1 is 1.46 bits per heavy atom. The maximum atomic E-state index is 14.4. The van der Waals surface area contributed by atoms with E-state index in [9.17, 15) is 8.60 Å². The van der Waals surface area contributed by atoms with Crippen LogP contribution in [0.1, 0.15) is 24.8 Å². The topological polar surface area (TPSA) is 90.5 Å². The van der Waals surface area contributed by atoms with Gasteiger partial charge in [0, 0.05) is 10.8 Å². The van der Waals surface area contributed by atoms with Crippen LogP contribution >= 0.6 is 11.3 Å². The SMILES string of the molecule is COc1cncc(-c2cc(F)c(C3CS(=O)C(C)(C)C(N)=N3)s2)n1. The highest BCUT2D eigenvalue weighted by Crippen LogP contribution is 2.38. The standard InChI is InChI=1S/C15H17FN4O2S2/c1-15(2)14(17)20-10(7-24(15)21)13-8(16)4-11(23-13)9-5-18-6-12(19-9)22-3/h4-6,10H,7H2,1-3H3,(H2,17,20). The number of thiophene rings is 1. The minimum absolute atomic E-state index is 0.244. The Labute approximate surface area is 145 Å². The highest BCUT2D eigenvalue weighted by Gasteiger charge is 2.38. The van der Waals surface area contributed by atoms with Crippen LogP contribution in [0.3, 0.4) is 0 Å². The summed E-state index contributed by atoms with van der Waals surface area (Å²) in [6.45, 7) is 3.56. The number of aliphatic imine (C=N–C) groups is 1. The van der Waals surface area contributed by atoms with E-state index in [2.05, 4.69) is 15.0 Å². The summed E-state index contributed by atoms with van der Waals surface area (Å²) in [7, 11) is 0.267. The van der Waals surface area contributed by atoms with Crippen molar-refractivity contribution in [1.82, 2.24) is 9.97 Å². The van der Waals surface area contributed by atoms with E-state index in [1.165, 1.54) is 36.9 Å². The van der Waals surface area contributed by atoms with Crippen molar-refractivity contribution >= 4 is 28.0 Å². The molecule has 0 bridgehead atoms. The molecule has 0 saturated carbocycles. The van der Waals surface area contributed by atoms with E-state index in [1.54, 1.807) is 13.8 Å². The molecule has 3 rings (SSSR count). The van der Waals surface area contributed by atoms with E-state index < -0.39 is 27.4 Å². The summed E-state index contributed by atoms with van der Waals surface area (Å²) in [5.74, 6) is 0.477. The van der Waals surface area contributed by atoms with Crippen molar-refractivity contribution in [3.8, 4) is 16.5 Å². The fourth-order valence-electron chi connectivity index (χ4n) is 2.26. The molecule has 2 aromatic rings. The fraction of sp³-hybridized carbons (Fsp3) is 0.400. The largest absolute Gasteiger partial charge is 0.480 e. The monoisotopic (exact) mass is 368 g/mol. The summed E-state index contributed by atoms with van der Waals surface area (Å²) >= 11 is 1.21. The predicted octanol–water partition coefficient (Wildman–Crippen LogP) is 2.29. The third-order valence-corrected chi connectivity index (χ3v) is 7.08. The highest BCUT2D eigenvalue weighted by atomic mass is 32.2. The second kappa shape index (κ2) is 6.21. The Balaban J connectivity index is 1.98. The summed E-state index contributed by atoms with van der Waals surface area (Å²) in [4.78, 5) is 13.7.